The molecule has 1 aromatic heterocycles. The lowest BCUT2D eigenvalue weighted by atomic mass is 10.1. The van der Waals surface area contributed by atoms with E-state index in [0.29, 0.717) is 11.7 Å². The Balaban J connectivity index is 1.85. The Morgan fingerprint density at radius 1 is 1.19 bits per heavy atom. The molecule has 0 fully saturated rings. The van der Waals surface area contributed by atoms with Crippen LogP contribution in [-0.4, -0.2) is 22.6 Å². The lowest BCUT2D eigenvalue weighted by molar-refractivity contribution is -0.114. The predicted molar refractivity (Wildman–Crippen MR) is 103 cm³/mol. The number of aryl methyl sites for hydroxylation is 2. The molecule has 0 unspecified atom stereocenters. The van der Waals surface area contributed by atoms with Crippen molar-refractivity contribution in [1.82, 2.24) is 10.3 Å². The van der Waals surface area contributed by atoms with Gasteiger partial charge in [-0.15, -0.1) is 11.3 Å². The highest BCUT2D eigenvalue weighted by Crippen LogP contribution is 2.17. The number of hydrogen-bond donors (Lipinski definition) is 2. The third-order valence-electron chi connectivity index (χ3n) is 3.33. The van der Waals surface area contributed by atoms with Crippen molar-refractivity contribution < 1.29 is 14.3 Å². The molecule has 26 heavy (non-hydrogen) atoms. The summed E-state index contributed by atoms with van der Waals surface area (Å²) in [7, 11) is 0. The van der Waals surface area contributed by atoms with E-state index in [9.17, 15) is 9.59 Å². The Kier molecular flexibility index (Phi) is 6.74. The summed E-state index contributed by atoms with van der Waals surface area (Å²) in [5.41, 5.74) is 2.64. The van der Waals surface area contributed by atoms with Crippen LogP contribution in [0.2, 0.25) is 0 Å². The average molecular weight is 375 g/mol. The van der Waals surface area contributed by atoms with Crippen LogP contribution in [0.1, 0.15) is 44.5 Å². The number of hydrogen-bond acceptors (Lipinski definition) is 5. The normalized spacial score (nSPS) is 11.1. The zero-order valence-corrected chi connectivity index (χ0v) is 16.4. The number of nitrogens with zero attached hydrogens (tertiary/aromatic N) is 1. The number of ether oxygens (including phenoxy) is 1. The van der Waals surface area contributed by atoms with Crippen molar-refractivity contribution in [3.8, 4) is 0 Å². The molecule has 1 heterocycles. The van der Waals surface area contributed by atoms with Crippen LogP contribution in [0, 0.1) is 0 Å². The molecule has 2 aromatic rings. The van der Waals surface area contributed by atoms with Crippen LogP contribution in [0.15, 0.2) is 29.6 Å². The van der Waals surface area contributed by atoms with E-state index in [-0.39, 0.29) is 5.91 Å². The van der Waals surface area contributed by atoms with Gasteiger partial charge >= 0.3 is 6.09 Å². The number of thiazole rings is 1. The van der Waals surface area contributed by atoms with Gasteiger partial charge in [-0.1, -0.05) is 24.3 Å². The maximum atomic E-state index is 11.7. The van der Waals surface area contributed by atoms with E-state index in [2.05, 4.69) is 27.8 Å². The zero-order chi connectivity index (χ0) is 19.2. The Morgan fingerprint density at radius 2 is 1.92 bits per heavy atom. The van der Waals surface area contributed by atoms with Crippen molar-refractivity contribution in [2.75, 3.05) is 5.32 Å². The van der Waals surface area contributed by atoms with E-state index in [1.165, 1.54) is 23.8 Å². The number of amides is 2. The second-order valence-electron chi connectivity index (χ2n) is 7.00. The highest BCUT2D eigenvalue weighted by molar-refractivity contribution is 7.13. The van der Waals surface area contributed by atoms with Gasteiger partial charge in [0, 0.05) is 18.8 Å². The maximum absolute atomic E-state index is 11.7. The van der Waals surface area contributed by atoms with E-state index < -0.39 is 11.7 Å². The van der Waals surface area contributed by atoms with Crippen LogP contribution in [0.25, 0.3) is 0 Å². The molecule has 6 nitrogen and oxygen atoms in total. The molecule has 0 saturated heterocycles. The average Bonchev–Trinajstić information content (AvgIpc) is 2.96. The Bertz CT molecular complexity index is 765. The van der Waals surface area contributed by atoms with Crippen molar-refractivity contribution in [2.24, 2.45) is 0 Å². The Labute approximate surface area is 158 Å². The molecule has 140 valence electrons. The van der Waals surface area contributed by atoms with Crippen molar-refractivity contribution in [3.63, 3.8) is 0 Å². The van der Waals surface area contributed by atoms with E-state index in [4.69, 9.17) is 4.74 Å². The molecule has 0 saturated carbocycles. The molecule has 0 aliphatic heterocycles. The van der Waals surface area contributed by atoms with Gasteiger partial charge in [-0.25, -0.2) is 9.78 Å². The van der Waals surface area contributed by atoms with Gasteiger partial charge in [-0.2, -0.15) is 0 Å². The fraction of sp³-hybridized carbons (Fsp3) is 0.421. The van der Waals surface area contributed by atoms with Crippen LogP contribution >= 0.6 is 11.3 Å². The summed E-state index contributed by atoms with van der Waals surface area (Å²) in [6.45, 7) is 7.40. The highest BCUT2D eigenvalue weighted by atomic mass is 32.1. The fourth-order valence-electron chi connectivity index (χ4n) is 2.29. The summed E-state index contributed by atoms with van der Waals surface area (Å²) in [4.78, 5) is 27.2. The predicted octanol–water partition coefficient (Wildman–Crippen LogP) is 3.91. The Morgan fingerprint density at radius 3 is 2.62 bits per heavy atom. The van der Waals surface area contributed by atoms with Crippen LogP contribution in [0.4, 0.5) is 9.93 Å². The number of rotatable bonds is 6. The Hall–Kier alpha value is -2.41. The first-order valence-electron chi connectivity index (χ1n) is 8.48. The van der Waals surface area contributed by atoms with Gasteiger partial charge in [0.2, 0.25) is 5.91 Å². The summed E-state index contributed by atoms with van der Waals surface area (Å²) >= 11 is 1.43. The van der Waals surface area contributed by atoms with Crippen LogP contribution in [0.5, 0.6) is 0 Å². The van der Waals surface area contributed by atoms with Gasteiger partial charge < -0.3 is 15.4 Å². The van der Waals surface area contributed by atoms with Gasteiger partial charge in [0.1, 0.15) is 5.60 Å². The lowest BCUT2D eigenvalue weighted by Gasteiger charge is -2.19. The number of carbonyl (C=O) groups is 2. The SMILES string of the molecule is CC(=O)Nc1nc(CCc2cccc(CNC(=O)OC(C)(C)C)c2)cs1. The fourth-order valence-corrected chi connectivity index (χ4v) is 3.08. The molecule has 0 spiro atoms. The first-order chi connectivity index (χ1) is 12.2. The summed E-state index contributed by atoms with van der Waals surface area (Å²) in [5, 5.41) is 8.04. The van der Waals surface area contributed by atoms with Crippen LogP contribution in [0.3, 0.4) is 0 Å². The molecule has 1 aromatic carbocycles. The molecule has 0 aliphatic carbocycles. The number of nitrogens with one attached hydrogen (secondary N) is 2. The maximum Gasteiger partial charge on any atom is 0.407 e. The van der Waals surface area contributed by atoms with Gasteiger partial charge in [-0.05, 0) is 44.7 Å². The molecule has 0 bridgehead atoms. The molecule has 7 heteroatoms. The van der Waals surface area contributed by atoms with Gasteiger partial charge in [0.25, 0.3) is 0 Å². The summed E-state index contributed by atoms with van der Waals surface area (Å²) in [6, 6.07) is 8.07. The number of alkyl carbamates (subject to hydrolysis) is 1. The lowest BCUT2D eigenvalue weighted by Crippen LogP contribution is -2.32. The third kappa shape index (κ3) is 7.23. The van der Waals surface area contributed by atoms with Crippen molar-refractivity contribution in [2.45, 2.75) is 52.7 Å². The number of carbonyl (C=O) groups excluding carboxylic acids is 2. The molecule has 2 N–H and O–H groups in total. The van der Waals surface area contributed by atoms with Gasteiger partial charge in [0.05, 0.1) is 5.69 Å². The minimum absolute atomic E-state index is 0.115. The zero-order valence-electron chi connectivity index (χ0n) is 15.6. The van der Waals surface area contributed by atoms with Crippen LogP contribution < -0.4 is 10.6 Å². The monoisotopic (exact) mass is 375 g/mol. The van der Waals surface area contributed by atoms with Gasteiger partial charge in [0.15, 0.2) is 5.13 Å². The first-order valence-corrected chi connectivity index (χ1v) is 9.36. The largest absolute Gasteiger partial charge is 0.444 e. The number of aromatic nitrogens is 1. The first kappa shape index (κ1) is 19.9. The molecule has 0 radical (unpaired) electrons. The van der Waals surface area contributed by atoms with Crippen molar-refractivity contribution in [3.05, 3.63) is 46.5 Å². The van der Waals surface area contributed by atoms with Crippen molar-refractivity contribution in [1.29, 1.82) is 0 Å². The minimum Gasteiger partial charge on any atom is -0.444 e. The highest BCUT2D eigenvalue weighted by Gasteiger charge is 2.15. The summed E-state index contributed by atoms with van der Waals surface area (Å²) < 4.78 is 5.24. The third-order valence-corrected chi connectivity index (χ3v) is 4.14. The number of benzene rings is 1. The van der Waals surface area contributed by atoms with Gasteiger partial charge in [-0.3, -0.25) is 4.79 Å². The molecule has 2 rings (SSSR count). The van der Waals surface area contributed by atoms with E-state index in [1.54, 1.807) is 0 Å². The topological polar surface area (TPSA) is 80.3 Å². The summed E-state index contributed by atoms with van der Waals surface area (Å²) in [6.07, 6.45) is 1.21. The molecular weight excluding hydrogens is 350 g/mol. The van der Waals surface area contributed by atoms with Crippen molar-refractivity contribution >= 4 is 28.5 Å². The van der Waals surface area contributed by atoms with E-state index in [1.807, 2.05) is 38.3 Å². The smallest absolute Gasteiger partial charge is 0.407 e. The summed E-state index contributed by atoms with van der Waals surface area (Å²) in [5.74, 6) is -0.115. The van der Waals surface area contributed by atoms with E-state index >= 15 is 0 Å². The minimum atomic E-state index is -0.504. The second kappa shape index (κ2) is 8.80. The molecule has 0 aliphatic rings. The molecular formula is C19H25N3O3S. The van der Waals surface area contributed by atoms with Crippen LogP contribution in [-0.2, 0) is 28.9 Å². The number of anilines is 1. The molecule has 2 amide bonds. The quantitative estimate of drug-likeness (QED) is 0.802. The molecule has 0 atom stereocenters. The van der Waals surface area contributed by atoms with E-state index in [0.717, 1.165) is 24.1 Å². The standard InChI is InChI=1S/C19H25N3O3S/c1-13(23)21-17-22-16(12-26-17)9-8-14-6-5-7-15(10-14)11-20-18(24)25-19(2,3)4/h5-7,10,12H,8-9,11H2,1-4H3,(H,20,24)(H,21,22,23). The second-order valence-corrected chi connectivity index (χ2v) is 7.86.